The van der Waals surface area contributed by atoms with Gasteiger partial charge in [0.15, 0.2) is 0 Å². The summed E-state index contributed by atoms with van der Waals surface area (Å²) in [7, 11) is 1.63. The fraction of sp³-hybridized carbons (Fsp3) is 0.182. The van der Waals surface area contributed by atoms with E-state index in [2.05, 4.69) is 20.3 Å². The maximum atomic E-state index is 10.7. The lowest BCUT2D eigenvalue weighted by atomic mass is 10.2. The lowest BCUT2D eigenvalue weighted by Crippen LogP contribution is -2.01. The number of aromatic nitrogens is 3. The maximum Gasteiger partial charge on any atom is 0.328 e. The summed E-state index contributed by atoms with van der Waals surface area (Å²) in [5.74, 6) is 0.666. The predicted octanol–water partition coefficient (Wildman–Crippen LogP) is 2.58. The molecule has 0 aliphatic heterocycles. The Balaban J connectivity index is 2.30. The summed E-state index contributed by atoms with van der Waals surface area (Å²) < 4.78 is 5.46. The van der Waals surface area contributed by atoms with E-state index in [1.54, 1.807) is 14.0 Å². The number of benzene rings is 1. The monoisotopic (exact) mass is 295 g/mol. The second-order valence-corrected chi connectivity index (χ2v) is 4.11. The number of rotatable bonds is 4. The Morgan fingerprint density at radius 1 is 1.35 bits per heavy atom. The highest BCUT2D eigenvalue weighted by Crippen LogP contribution is 2.27. The predicted molar refractivity (Wildman–Crippen MR) is 72.3 cm³/mol. The van der Waals surface area contributed by atoms with Crippen molar-refractivity contribution in [1.29, 1.82) is 0 Å². The molecule has 0 aliphatic carbocycles. The molecule has 0 atom stereocenters. The van der Waals surface area contributed by atoms with Crippen LogP contribution in [0.4, 0.5) is 11.6 Å². The third kappa shape index (κ3) is 3.09. The highest BCUT2D eigenvalue weighted by molar-refractivity contribution is 6.28. The Morgan fingerprint density at radius 3 is 2.70 bits per heavy atom. The van der Waals surface area contributed by atoms with E-state index < -0.39 is 4.92 Å². The molecule has 0 bridgehead atoms. The van der Waals surface area contributed by atoms with E-state index in [1.807, 2.05) is 0 Å². The summed E-state index contributed by atoms with van der Waals surface area (Å²) in [6, 6.07) is 4.22. The average Bonchev–Trinajstić information content (AvgIpc) is 2.40. The highest BCUT2D eigenvalue weighted by atomic mass is 35.5. The minimum absolute atomic E-state index is 0.00584. The van der Waals surface area contributed by atoms with Gasteiger partial charge in [0, 0.05) is 19.2 Å². The Morgan fingerprint density at radius 2 is 2.10 bits per heavy atom. The van der Waals surface area contributed by atoms with Crippen molar-refractivity contribution in [1.82, 2.24) is 15.0 Å². The summed E-state index contributed by atoms with van der Waals surface area (Å²) >= 11 is 5.73. The molecule has 0 unspecified atom stereocenters. The van der Waals surface area contributed by atoms with Gasteiger partial charge in [-0.05, 0) is 30.2 Å². The van der Waals surface area contributed by atoms with Crippen LogP contribution in [-0.4, -0.2) is 26.9 Å². The molecule has 1 heterocycles. The zero-order valence-electron chi connectivity index (χ0n) is 10.6. The molecule has 0 radical (unpaired) electrons. The number of nitro benzene ring substituents is 1. The molecule has 8 nitrogen and oxygen atoms in total. The van der Waals surface area contributed by atoms with Crippen LogP contribution >= 0.6 is 11.6 Å². The number of non-ortho nitro benzene ring substituents is 1. The molecular formula is C11H10ClN5O3. The van der Waals surface area contributed by atoms with Crippen molar-refractivity contribution in [2.75, 3.05) is 12.4 Å². The second kappa shape index (κ2) is 5.66. The molecule has 0 spiro atoms. The van der Waals surface area contributed by atoms with Crippen molar-refractivity contribution in [2.45, 2.75) is 6.92 Å². The van der Waals surface area contributed by atoms with Crippen LogP contribution in [0, 0.1) is 17.0 Å². The van der Waals surface area contributed by atoms with E-state index in [0.717, 1.165) is 0 Å². The van der Waals surface area contributed by atoms with Crippen molar-refractivity contribution in [2.24, 2.45) is 0 Å². The van der Waals surface area contributed by atoms with Gasteiger partial charge in [0.1, 0.15) is 5.75 Å². The van der Waals surface area contributed by atoms with E-state index in [9.17, 15) is 10.1 Å². The van der Waals surface area contributed by atoms with Crippen LogP contribution in [0.15, 0.2) is 18.2 Å². The number of halogens is 1. The molecule has 2 aromatic rings. The Kier molecular flexibility index (Phi) is 3.94. The standard InChI is InChI=1S/C11H10ClN5O3/c1-6-5-7(17(18)19)3-4-8(6)20-11-15-9(12)14-10(13-2)16-11/h3-5H,1-2H3,(H,13,14,15,16). The number of nitrogens with zero attached hydrogens (tertiary/aromatic N) is 4. The summed E-state index contributed by atoms with van der Waals surface area (Å²) in [6.45, 7) is 1.68. The molecule has 20 heavy (non-hydrogen) atoms. The molecule has 1 N–H and O–H groups in total. The largest absolute Gasteiger partial charge is 0.424 e. The average molecular weight is 296 g/mol. The summed E-state index contributed by atoms with van der Waals surface area (Å²) in [5, 5.41) is 13.4. The number of aryl methyl sites for hydroxylation is 1. The van der Waals surface area contributed by atoms with Crippen LogP contribution in [0.5, 0.6) is 11.8 Å². The first-order valence-electron chi connectivity index (χ1n) is 5.52. The van der Waals surface area contributed by atoms with Crippen LogP contribution in [0.2, 0.25) is 5.28 Å². The Hall–Kier alpha value is -2.48. The molecular weight excluding hydrogens is 286 g/mol. The molecule has 0 saturated carbocycles. The first kappa shape index (κ1) is 13.9. The molecule has 104 valence electrons. The van der Waals surface area contributed by atoms with E-state index >= 15 is 0 Å². The van der Waals surface area contributed by atoms with Gasteiger partial charge in [0.2, 0.25) is 11.2 Å². The van der Waals surface area contributed by atoms with Gasteiger partial charge < -0.3 is 10.1 Å². The van der Waals surface area contributed by atoms with Gasteiger partial charge in [-0.3, -0.25) is 10.1 Å². The minimum Gasteiger partial charge on any atom is -0.424 e. The number of hydrogen-bond donors (Lipinski definition) is 1. The fourth-order valence-electron chi connectivity index (χ4n) is 1.45. The maximum absolute atomic E-state index is 10.7. The minimum atomic E-state index is -0.476. The van der Waals surface area contributed by atoms with Gasteiger partial charge in [0.25, 0.3) is 5.69 Å². The lowest BCUT2D eigenvalue weighted by molar-refractivity contribution is -0.384. The van der Waals surface area contributed by atoms with E-state index in [-0.39, 0.29) is 22.9 Å². The van der Waals surface area contributed by atoms with Gasteiger partial charge in [-0.15, -0.1) is 0 Å². The third-order valence-electron chi connectivity index (χ3n) is 2.38. The second-order valence-electron chi connectivity index (χ2n) is 3.77. The molecule has 0 fully saturated rings. The molecule has 0 aliphatic rings. The first-order chi connectivity index (χ1) is 9.49. The highest BCUT2D eigenvalue weighted by Gasteiger charge is 2.12. The molecule has 9 heteroatoms. The Labute approximate surface area is 118 Å². The van der Waals surface area contributed by atoms with Crippen molar-refractivity contribution in [3.05, 3.63) is 39.2 Å². The first-order valence-corrected chi connectivity index (χ1v) is 5.89. The van der Waals surface area contributed by atoms with Crippen LogP contribution in [-0.2, 0) is 0 Å². The molecule has 1 aromatic heterocycles. The van der Waals surface area contributed by atoms with E-state index in [4.69, 9.17) is 16.3 Å². The van der Waals surface area contributed by atoms with Gasteiger partial charge >= 0.3 is 6.01 Å². The van der Waals surface area contributed by atoms with Crippen molar-refractivity contribution < 1.29 is 9.66 Å². The molecule has 1 aromatic carbocycles. The number of nitro groups is 1. The van der Waals surface area contributed by atoms with Gasteiger partial charge in [0.05, 0.1) is 4.92 Å². The van der Waals surface area contributed by atoms with Crippen molar-refractivity contribution in [3.63, 3.8) is 0 Å². The fourth-order valence-corrected chi connectivity index (χ4v) is 1.60. The van der Waals surface area contributed by atoms with Gasteiger partial charge in [-0.1, -0.05) is 0 Å². The molecule has 0 amide bonds. The SMILES string of the molecule is CNc1nc(Cl)nc(Oc2ccc([N+](=O)[O-])cc2C)n1. The van der Waals surface area contributed by atoms with Crippen LogP contribution in [0.1, 0.15) is 5.56 Å². The lowest BCUT2D eigenvalue weighted by Gasteiger charge is -2.07. The number of ether oxygens (including phenoxy) is 1. The molecule has 0 saturated heterocycles. The quantitative estimate of drug-likeness (QED) is 0.683. The van der Waals surface area contributed by atoms with Gasteiger partial charge in [-0.25, -0.2) is 0 Å². The number of hydrogen-bond acceptors (Lipinski definition) is 7. The normalized spacial score (nSPS) is 10.2. The summed E-state index contributed by atoms with van der Waals surface area (Å²) in [6.07, 6.45) is 0. The van der Waals surface area contributed by atoms with Crippen LogP contribution < -0.4 is 10.1 Å². The molecule has 2 rings (SSSR count). The smallest absolute Gasteiger partial charge is 0.328 e. The summed E-state index contributed by atoms with van der Waals surface area (Å²) in [4.78, 5) is 21.8. The number of nitrogens with one attached hydrogen (secondary N) is 1. The topological polar surface area (TPSA) is 103 Å². The number of anilines is 1. The van der Waals surface area contributed by atoms with Crippen molar-refractivity contribution in [3.8, 4) is 11.8 Å². The van der Waals surface area contributed by atoms with Crippen LogP contribution in [0.3, 0.4) is 0 Å². The van der Waals surface area contributed by atoms with Crippen molar-refractivity contribution >= 4 is 23.2 Å². The van der Waals surface area contributed by atoms with E-state index in [0.29, 0.717) is 11.3 Å². The third-order valence-corrected chi connectivity index (χ3v) is 2.55. The zero-order valence-corrected chi connectivity index (χ0v) is 11.4. The van der Waals surface area contributed by atoms with Crippen LogP contribution in [0.25, 0.3) is 0 Å². The Bertz CT molecular complexity index is 665. The van der Waals surface area contributed by atoms with Gasteiger partial charge in [-0.2, -0.15) is 15.0 Å². The summed E-state index contributed by atoms with van der Waals surface area (Å²) in [5.41, 5.74) is 0.571. The zero-order chi connectivity index (χ0) is 14.7. The van der Waals surface area contributed by atoms with E-state index in [1.165, 1.54) is 18.2 Å².